The van der Waals surface area contributed by atoms with E-state index in [1.165, 1.54) is 0 Å². The molecule has 8 nitrogen and oxygen atoms in total. The van der Waals surface area contributed by atoms with E-state index >= 15 is 0 Å². The summed E-state index contributed by atoms with van der Waals surface area (Å²) in [5, 5.41) is 16.9. The van der Waals surface area contributed by atoms with Crippen LogP contribution in [0.1, 0.15) is 36.3 Å². The second-order valence-corrected chi connectivity index (χ2v) is 5.66. The maximum absolute atomic E-state index is 12.1. The highest BCUT2D eigenvalue weighted by Crippen LogP contribution is 2.28. The summed E-state index contributed by atoms with van der Waals surface area (Å²) >= 11 is 0. The molecule has 3 heterocycles. The summed E-state index contributed by atoms with van der Waals surface area (Å²) < 4.78 is 7.63. The SMILES string of the molecule is CCn1cc([C@H]2OCC[C@@H]2NC(=O)NCc2cn[nH]c2C)cn1. The molecular weight excluding hydrogens is 296 g/mol. The van der Waals surface area contributed by atoms with Crippen LogP contribution >= 0.6 is 0 Å². The fraction of sp³-hybridized carbons (Fsp3) is 0.533. The van der Waals surface area contributed by atoms with Crippen LogP contribution in [0.3, 0.4) is 0 Å². The number of carbonyl (C=O) groups is 1. The number of nitrogens with zero attached hydrogens (tertiary/aromatic N) is 3. The monoisotopic (exact) mass is 318 g/mol. The summed E-state index contributed by atoms with van der Waals surface area (Å²) in [6.45, 7) is 5.85. The van der Waals surface area contributed by atoms with E-state index < -0.39 is 0 Å². The van der Waals surface area contributed by atoms with Crippen LogP contribution < -0.4 is 10.6 Å². The molecule has 0 spiro atoms. The maximum atomic E-state index is 12.1. The van der Waals surface area contributed by atoms with Gasteiger partial charge in [0, 0.05) is 42.7 Å². The number of aromatic amines is 1. The number of ether oxygens (including phenoxy) is 1. The van der Waals surface area contributed by atoms with Gasteiger partial charge in [-0.2, -0.15) is 10.2 Å². The van der Waals surface area contributed by atoms with Crippen LogP contribution in [0.25, 0.3) is 0 Å². The second-order valence-electron chi connectivity index (χ2n) is 5.66. The first kappa shape index (κ1) is 15.5. The normalized spacial score (nSPS) is 20.6. The van der Waals surface area contributed by atoms with E-state index in [2.05, 4.69) is 25.9 Å². The number of urea groups is 1. The molecule has 0 saturated carbocycles. The van der Waals surface area contributed by atoms with Gasteiger partial charge >= 0.3 is 6.03 Å². The van der Waals surface area contributed by atoms with Crippen LogP contribution in [0.15, 0.2) is 18.6 Å². The quantitative estimate of drug-likeness (QED) is 0.773. The van der Waals surface area contributed by atoms with Crippen molar-refractivity contribution in [1.82, 2.24) is 30.6 Å². The highest BCUT2D eigenvalue weighted by Gasteiger charge is 2.31. The molecule has 0 aromatic carbocycles. The zero-order chi connectivity index (χ0) is 16.2. The summed E-state index contributed by atoms with van der Waals surface area (Å²) in [6, 6.07) is -0.246. The van der Waals surface area contributed by atoms with Gasteiger partial charge in [0.05, 0.1) is 18.4 Å². The van der Waals surface area contributed by atoms with E-state index in [0.717, 1.165) is 29.8 Å². The number of rotatable bonds is 5. The molecule has 124 valence electrons. The van der Waals surface area contributed by atoms with Gasteiger partial charge in [0.1, 0.15) is 6.10 Å². The average molecular weight is 318 g/mol. The molecule has 2 amide bonds. The van der Waals surface area contributed by atoms with Gasteiger partial charge in [0.15, 0.2) is 0 Å². The smallest absolute Gasteiger partial charge is 0.315 e. The lowest BCUT2D eigenvalue weighted by Gasteiger charge is -2.19. The Morgan fingerprint density at radius 1 is 1.52 bits per heavy atom. The molecule has 3 rings (SSSR count). The van der Waals surface area contributed by atoms with E-state index in [-0.39, 0.29) is 18.2 Å². The fourth-order valence-corrected chi connectivity index (χ4v) is 2.71. The number of H-pyrrole nitrogens is 1. The first-order chi connectivity index (χ1) is 11.2. The third-order valence-electron chi connectivity index (χ3n) is 4.09. The van der Waals surface area contributed by atoms with Crippen molar-refractivity contribution in [2.24, 2.45) is 0 Å². The lowest BCUT2D eigenvalue weighted by atomic mass is 10.1. The van der Waals surface area contributed by atoms with Crippen molar-refractivity contribution in [3.8, 4) is 0 Å². The Hall–Kier alpha value is -2.35. The zero-order valence-corrected chi connectivity index (χ0v) is 13.4. The van der Waals surface area contributed by atoms with Crippen molar-refractivity contribution in [3.05, 3.63) is 35.4 Å². The molecule has 2 aromatic heterocycles. The molecule has 1 saturated heterocycles. The molecule has 0 bridgehead atoms. The van der Waals surface area contributed by atoms with Crippen molar-refractivity contribution in [2.45, 2.75) is 45.5 Å². The molecule has 3 N–H and O–H groups in total. The number of nitrogens with one attached hydrogen (secondary N) is 3. The van der Waals surface area contributed by atoms with Crippen molar-refractivity contribution < 1.29 is 9.53 Å². The van der Waals surface area contributed by atoms with Crippen LogP contribution in [0, 0.1) is 6.92 Å². The van der Waals surface area contributed by atoms with Gasteiger partial charge in [-0.15, -0.1) is 0 Å². The lowest BCUT2D eigenvalue weighted by Crippen LogP contribution is -2.43. The molecular formula is C15H22N6O2. The molecule has 8 heteroatoms. The molecule has 2 atom stereocenters. The van der Waals surface area contributed by atoms with Gasteiger partial charge in [0.2, 0.25) is 0 Å². The van der Waals surface area contributed by atoms with Crippen LogP contribution in [-0.4, -0.2) is 38.7 Å². The third-order valence-corrected chi connectivity index (χ3v) is 4.09. The highest BCUT2D eigenvalue weighted by atomic mass is 16.5. The molecule has 2 aromatic rings. The summed E-state index contributed by atoms with van der Waals surface area (Å²) in [5.74, 6) is 0. The minimum absolute atomic E-state index is 0.0463. The van der Waals surface area contributed by atoms with Gasteiger partial charge in [-0.25, -0.2) is 4.79 Å². The van der Waals surface area contributed by atoms with Crippen molar-refractivity contribution >= 4 is 6.03 Å². The number of hydrogen-bond acceptors (Lipinski definition) is 4. The summed E-state index contributed by atoms with van der Waals surface area (Å²) in [6.07, 6.45) is 6.14. The fourth-order valence-electron chi connectivity index (χ4n) is 2.71. The first-order valence-electron chi connectivity index (χ1n) is 7.84. The van der Waals surface area contributed by atoms with Crippen LogP contribution in [0.5, 0.6) is 0 Å². The second kappa shape index (κ2) is 6.82. The van der Waals surface area contributed by atoms with Gasteiger partial charge in [-0.3, -0.25) is 9.78 Å². The summed E-state index contributed by atoms with van der Waals surface area (Å²) in [5.41, 5.74) is 2.93. The Morgan fingerprint density at radius 2 is 2.39 bits per heavy atom. The van der Waals surface area contributed by atoms with E-state index in [0.29, 0.717) is 13.2 Å². The van der Waals surface area contributed by atoms with Crippen LogP contribution in [0.2, 0.25) is 0 Å². The molecule has 0 radical (unpaired) electrons. The standard InChI is InChI=1S/C15H22N6O2/c1-3-21-9-12(8-18-21)14-13(4-5-23-14)19-15(22)16-6-11-7-17-20-10(11)2/h7-9,13-14H,3-6H2,1-2H3,(H,17,20)(H2,16,19,22)/t13-,14+/m0/s1. The van der Waals surface area contributed by atoms with Crippen molar-refractivity contribution in [2.75, 3.05) is 6.61 Å². The van der Waals surface area contributed by atoms with Crippen molar-refractivity contribution in [1.29, 1.82) is 0 Å². The number of aromatic nitrogens is 4. The Kier molecular flexibility index (Phi) is 4.61. The van der Waals surface area contributed by atoms with Gasteiger partial charge in [-0.1, -0.05) is 0 Å². The van der Waals surface area contributed by atoms with E-state index in [9.17, 15) is 4.79 Å². The van der Waals surface area contributed by atoms with Gasteiger partial charge in [0.25, 0.3) is 0 Å². The molecule has 0 aliphatic carbocycles. The Labute approximate surface area is 134 Å². The van der Waals surface area contributed by atoms with E-state index in [1.807, 2.05) is 24.7 Å². The highest BCUT2D eigenvalue weighted by molar-refractivity contribution is 5.74. The Bertz CT molecular complexity index is 664. The molecule has 1 fully saturated rings. The van der Waals surface area contributed by atoms with E-state index in [4.69, 9.17) is 4.74 Å². The minimum atomic E-state index is -0.200. The average Bonchev–Trinajstić information content (AvgIpc) is 3.25. The third kappa shape index (κ3) is 3.53. The van der Waals surface area contributed by atoms with Crippen LogP contribution in [-0.2, 0) is 17.8 Å². The predicted molar refractivity (Wildman–Crippen MR) is 83.7 cm³/mol. The number of aryl methyl sites for hydroxylation is 2. The largest absolute Gasteiger partial charge is 0.371 e. The minimum Gasteiger partial charge on any atom is -0.371 e. The van der Waals surface area contributed by atoms with Crippen LogP contribution in [0.4, 0.5) is 4.79 Å². The Morgan fingerprint density at radius 3 is 3.09 bits per heavy atom. The van der Waals surface area contributed by atoms with E-state index in [1.54, 1.807) is 12.4 Å². The topological polar surface area (TPSA) is 96.9 Å². The molecule has 1 aliphatic heterocycles. The van der Waals surface area contributed by atoms with Gasteiger partial charge < -0.3 is 15.4 Å². The maximum Gasteiger partial charge on any atom is 0.315 e. The lowest BCUT2D eigenvalue weighted by molar-refractivity contribution is 0.0998. The summed E-state index contributed by atoms with van der Waals surface area (Å²) in [4.78, 5) is 12.1. The number of carbonyl (C=O) groups excluding carboxylic acids is 1. The Balaban J connectivity index is 1.55. The van der Waals surface area contributed by atoms with Gasteiger partial charge in [-0.05, 0) is 20.3 Å². The first-order valence-corrected chi connectivity index (χ1v) is 7.84. The molecule has 23 heavy (non-hydrogen) atoms. The predicted octanol–water partition coefficient (Wildman–Crippen LogP) is 1.26. The molecule has 0 unspecified atom stereocenters. The van der Waals surface area contributed by atoms with Crippen molar-refractivity contribution in [3.63, 3.8) is 0 Å². The number of amides is 2. The summed E-state index contributed by atoms with van der Waals surface area (Å²) in [7, 11) is 0. The number of hydrogen-bond donors (Lipinski definition) is 3. The zero-order valence-electron chi connectivity index (χ0n) is 13.4. The molecule has 1 aliphatic rings.